The van der Waals surface area contributed by atoms with E-state index in [1.165, 1.54) is 4.88 Å². The van der Waals surface area contributed by atoms with E-state index in [9.17, 15) is 0 Å². The predicted molar refractivity (Wildman–Crippen MR) is 98.4 cm³/mol. The first-order chi connectivity index (χ1) is 11.5. The molecule has 0 saturated heterocycles. The molecule has 0 aromatic carbocycles. The Kier molecular flexibility index (Phi) is 6.48. The SMILES string of the molecule is C=CCNC(=NCc1nnc(C)n1C)NCCc1nc(C)c(C)s1. The van der Waals surface area contributed by atoms with Crippen molar-refractivity contribution in [2.45, 2.75) is 33.7 Å². The minimum Gasteiger partial charge on any atom is -0.356 e. The molecule has 130 valence electrons. The Hall–Kier alpha value is -2.22. The van der Waals surface area contributed by atoms with E-state index in [2.05, 4.69) is 44.3 Å². The first-order valence-electron chi connectivity index (χ1n) is 7.92. The van der Waals surface area contributed by atoms with Crippen molar-refractivity contribution in [3.63, 3.8) is 0 Å². The van der Waals surface area contributed by atoms with Crippen LogP contribution in [0.15, 0.2) is 17.6 Å². The number of rotatable bonds is 7. The highest BCUT2D eigenvalue weighted by Gasteiger charge is 2.06. The summed E-state index contributed by atoms with van der Waals surface area (Å²) in [6.45, 7) is 11.7. The number of guanidine groups is 1. The molecule has 24 heavy (non-hydrogen) atoms. The fourth-order valence-corrected chi connectivity index (χ4v) is 2.95. The standard InChI is InChI=1S/C16H25N7S/c1-6-8-17-16(19-10-14-22-21-13(4)23(14)5)18-9-7-15-20-11(2)12(3)24-15/h6H,1,7-10H2,2-5H3,(H2,17,18,19). The largest absolute Gasteiger partial charge is 0.356 e. The predicted octanol–water partition coefficient (Wildman–Crippen LogP) is 1.66. The summed E-state index contributed by atoms with van der Waals surface area (Å²) in [5.41, 5.74) is 1.12. The van der Waals surface area contributed by atoms with E-state index in [-0.39, 0.29) is 0 Å². The van der Waals surface area contributed by atoms with Crippen LogP contribution in [0.2, 0.25) is 0 Å². The van der Waals surface area contributed by atoms with Crippen LogP contribution < -0.4 is 10.6 Å². The monoisotopic (exact) mass is 347 g/mol. The Morgan fingerprint density at radius 2 is 2.08 bits per heavy atom. The van der Waals surface area contributed by atoms with Gasteiger partial charge in [-0.25, -0.2) is 9.98 Å². The Labute approximate surface area is 146 Å². The van der Waals surface area contributed by atoms with Crippen LogP contribution in [-0.4, -0.2) is 38.8 Å². The Bertz CT molecular complexity index is 695. The van der Waals surface area contributed by atoms with Crippen LogP contribution in [0.5, 0.6) is 0 Å². The third kappa shape index (κ3) is 4.89. The average Bonchev–Trinajstić information content (AvgIpc) is 3.05. The number of aromatic nitrogens is 4. The summed E-state index contributed by atoms with van der Waals surface area (Å²) in [6.07, 6.45) is 2.68. The maximum absolute atomic E-state index is 4.57. The van der Waals surface area contributed by atoms with Crippen molar-refractivity contribution in [3.8, 4) is 0 Å². The molecule has 7 nitrogen and oxygen atoms in total. The highest BCUT2D eigenvalue weighted by atomic mass is 32.1. The van der Waals surface area contributed by atoms with E-state index >= 15 is 0 Å². The number of thiazole rings is 1. The van der Waals surface area contributed by atoms with E-state index in [4.69, 9.17) is 0 Å². The van der Waals surface area contributed by atoms with Gasteiger partial charge < -0.3 is 15.2 Å². The summed E-state index contributed by atoms with van der Waals surface area (Å²) in [7, 11) is 1.94. The zero-order chi connectivity index (χ0) is 17.5. The van der Waals surface area contributed by atoms with E-state index in [1.807, 2.05) is 25.5 Å². The summed E-state index contributed by atoms with van der Waals surface area (Å²) in [6, 6.07) is 0. The van der Waals surface area contributed by atoms with Gasteiger partial charge in [-0.05, 0) is 20.8 Å². The van der Waals surface area contributed by atoms with Crippen LogP contribution in [0.4, 0.5) is 0 Å². The highest BCUT2D eigenvalue weighted by Crippen LogP contribution is 2.16. The molecule has 2 N–H and O–H groups in total. The van der Waals surface area contributed by atoms with Gasteiger partial charge in [0.25, 0.3) is 0 Å². The van der Waals surface area contributed by atoms with Crippen LogP contribution in [-0.2, 0) is 20.0 Å². The maximum atomic E-state index is 4.57. The lowest BCUT2D eigenvalue weighted by atomic mass is 10.4. The fraction of sp³-hybridized carbons (Fsp3) is 0.500. The number of nitrogens with zero attached hydrogens (tertiary/aromatic N) is 5. The van der Waals surface area contributed by atoms with Crippen molar-refractivity contribution in [2.24, 2.45) is 12.0 Å². The second kappa shape index (κ2) is 8.58. The fourth-order valence-electron chi connectivity index (χ4n) is 2.02. The molecule has 8 heteroatoms. The molecule has 0 bridgehead atoms. The van der Waals surface area contributed by atoms with E-state index < -0.39 is 0 Å². The molecule has 2 rings (SSSR count). The molecular weight excluding hydrogens is 322 g/mol. The highest BCUT2D eigenvalue weighted by molar-refractivity contribution is 7.11. The number of aryl methyl sites for hydroxylation is 3. The minimum absolute atomic E-state index is 0.472. The van der Waals surface area contributed by atoms with Gasteiger partial charge in [-0.2, -0.15) is 0 Å². The molecule has 0 fully saturated rings. The van der Waals surface area contributed by atoms with Gasteiger partial charge in [0.1, 0.15) is 12.4 Å². The third-order valence-electron chi connectivity index (χ3n) is 3.68. The van der Waals surface area contributed by atoms with Crippen LogP contribution in [0.25, 0.3) is 0 Å². The van der Waals surface area contributed by atoms with Crippen molar-refractivity contribution < 1.29 is 0 Å². The first-order valence-corrected chi connectivity index (χ1v) is 8.73. The molecule has 0 unspecified atom stereocenters. The zero-order valence-electron chi connectivity index (χ0n) is 14.8. The molecule has 2 heterocycles. The molecule has 0 saturated carbocycles. The van der Waals surface area contributed by atoms with Gasteiger partial charge in [-0.3, -0.25) is 0 Å². The molecular formula is C16H25N7S. The Morgan fingerprint density at radius 3 is 2.67 bits per heavy atom. The van der Waals surface area contributed by atoms with Crippen LogP contribution in [0.3, 0.4) is 0 Å². The van der Waals surface area contributed by atoms with Crippen molar-refractivity contribution >= 4 is 17.3 Å². The van der Waals surface area contributed by atoms with Crippen LogP contribution in [0.1, 0.15) is 27.2 Å². The molecule has 0 aliphatic rings. The molecule has 2 aromatic rings. The molecule has 2 aromatic heterocycles. The normalized spacial score (nSPS) is 11.6. The topological polar surface area (TPSA) is 80.0 Å². The Balaban J connectivity index is 1.92. The summed E-state index contributed by atoms with van der Waals surface area (Å²) >= 11 is 1.75. The smallest absolute Gasteiger partial charge is 0.191 e. The van der Waals surface area contributed by atoms with Gasteiger partial charge in [-0.15, -0.1) is 28.1 Å². The van der Waals surface area contributed by atoms with Gasteiger partial charge in [0.15, 0.2) is 11.8 Å². The zero-order valence-corrected chi connectivity index (χ0v) is 15.6. The number of aliphatic imine (C=N–C) groups is 1. The van der Waals surface area contributed by atoms with Gasteiger partial charge >= 0.3 is 0 Å². The lowest BCUT2D eigenvalue weighted by Crippen LogP contribution is -2.38. The third-order valence-corrected chi connectivity index (χ3v) is 4.81. The van der Waals surface area contributed by atoms with E-state index in [0.717, 1.165) is 41.3 Å². The molecule has 0 aliphatic heterocycles. The van der Waals surface area contributed by atoms with Gasteiger partial charge in [0.05, 0.1) is 10.7 Å². The lowest BCUT2D eigenvalue weighted by Gasteiger charge is -2.10. The second-order valence-corrected chi connectivity index (χ2v) is 6.77. The number of hydrogen-bond donors (Lipinski definition) is 2. The summed E-state index contributed by atoms with van der Waals surface area (Å²) in [4.78, 5) is 10.4. The quantitative estimate of drug-likeness (QED) is 0.452. The van der Waals surface area contributed by atoms with Crippen molar-refractivity contribution in [1.29, 1.82) is 0 Å². The van der Waals surface area contributed by atoms with Gasteiger partial charge in [0.2, 0.25) is 0 Å². The molecule has 0 amide bonds. The molecule has 0 atom stereocenters. The average molecular weight is 347 g/mol. The second-order valence-electron chi connectivity index (χ2n) is 5.48. The maximum Gasteiger partial charge on any atom is 0.191 e. The number of nitrogens with one attached hydrogen (secondary N) is 2. The van der Waals surface area contributed by atoms with Crippen LogP contribution >= 0.6 is 11.3 Å². The van der Waals surface area contributed by atoms with Gasteiger partial charge in [0, 0.05) is 31.4 Å². The van der Waals surface area contributed by atoms with Crippen molar-refractivity contribution in [1.82, 2.24) is 30.4 Å². The number of hydrogen-bond acceptors (Lipinski definition) is 5. The summed E-state index contributed by atoms with van der Waals surface area (Å²) < 4.78 is 1.94. The summed E-state index contributed by atoms with van der Waals surface area (Å²) in [5.74, 6) is 2.45. The first kappa shape index (κ1) is 18.1. The van der Waals surface area contributed by atoms with E-state index in [0.29, 0.717) is 13.1 Å². The molecule has 0 radical (unpaired) electrons. The van der Waals surface area contributed by atoms with Gasteiger partial charge in [-0.1, -0.05) is 6.08 Å². The van der Waals surface area contributed by atoms with E-state index in [1.54, 1.807) is 17.4 Å². The van der Waals surface area contributed by atoms with Crippen molar-refractivity contribution in [2.75, 3.05) is 13.1 Å². The van der Waals surface area contributed by atoms with Crippen LogP contribution in [0, 0.1) is 20.8 Å². The molecule has 0 spiro atoms. The minimum atomic E-state index is 0.472. The Morgan fingerprint density at radius 1 is 1.29 bits per heavy atom. The summed E-state index contributed by atoms with van der Waals surface area (Å²) in [5, 5.41) is 15.9. The molecule has 0 aliphatic carbocycles. The van der Waals surface area contributed by atoms with Crippen molar-refractivity contribution in [3.05, 3.63) is 39.9 Å². The lowest BCUT2D eigenvalue weighted by molar-refractivity contribution is 0.756.